The normalized spacial score (nSPS) is 26.2. The fourth-order valence-corrected chi connectivity index (χ4v) is 4.21. The number of carbonyl (C=O) groups excluding carboxylic acids is 3. The lowest BCUT2D eigenvalue weighted by Crippen LogP contribution is -2.43. The Labute approximate surface area is 235 Å². The molecule has 0 radical (unpaired) electrons. The molecule has 0 bridgehead atoms. The zero-order chi connectivity index (χ0) is 30.7. The molecule has 2 aliphatic rings. The second-order valence-corrected chi connectivity index (χ2v) is 11.7. The molecular formula is C26H46N2O12. The first-order valence-corrected chi connectivity index (χ1v) is 13.1. The van der Waals surface area contributed by atoms with Gasteiger partial charge in [0.2, 0.25) is 0 Å². The number of rotatable bonds is 9. The number of carboxylic acids is 1. The van der Waals surface area contributed by atoms with Gasteiger partial charge in [0.25, 0.3) is 0 Å². The molecule has 14 heteroatoms. The summed E-state index contributed by atoms with van der Waals surface area (Å²) in [6.07, 6.45) is -1.10. The quantitative estimate of drug-likeness (QED) is 0.178. The average molecular weight is 579 g/mol. The number of ether oxygens (including phenoxy) is 6. The number of hydrogen-bond donors (Lipinski definition) is 4. The van der Waals surface area contributed by atoms with E-state index in [4.69, 9.17) is 33.5 Å². The number of aliphatic hydroxyl groups is 1. The maximum atomic E-state index is 12.0. The zero-order valence-electron chi connectivity index (χ0n) is 24.7. The molecule has 4 N–H and O–H groups in total. The van der Waals surface area contributed by atoms with Gasteiger partial charge in [-0.1, -0.05) is 0 Å². The lowest BCUT2D eigenvalue weighted by atomic mass is 10.1. The van der Waals surface area contributed by atoms with Gasteiger partial charge in [-0.15, -0.1) is 0 Å². The van der Waals surface area contributed by atoms with Crippen molar-refractivity contribution in [3.8, 4) is 0 Å². The molecule has 0 aromatic carbocycles. The third-order valence-corrected chi connectivity index (χ3v) is 5.84. The number of esters is 1. The summed E-state index contributed by atoms with van der Waals surface area (Å²) < 4.78 is 30.4. The summed E-state index contributed by atoms with van der Waals surface area (Å²) >= 11 is 0. The molecule has 232 valence electrons. The van der Waals surface area contributed by atoms with Crippen molar-refractivity contribution in [1.29, 1.82) is 0 Å². The van der Waals surface area contributed by atoms with Crippen molar-refractivity contribution in [2.45, 2.75) is 103 Å². The smallest absolute Gasteiger partial charge is 0.407 e. The average Bonchev–Trinajstić information content (AvgIpc) is 3.37. The Morgan fingerprint density at radius 3 is 1.70 bits per heavy atom. The Hall–Kier alpha value is -2.68. The van der Waals surface area contributed by atoms with Gasteiger partial charge < -0.3 is 49.3 Å². The number of hydrogen-bond acceptors (Lipinski definition) is 11. The van der Waals surface area contributed by atoms with Crippen LogP contribution in [-0.2, 0) is 38.0 Å². The van der Waals surface area contributed by atoms with Crippen LogP contribution in [0.5, 0.6) is 0 Å². The highest BCUT2D eigenvalue weighted by Crippen LogP contribution is 2.30. The molecule has 6 atom stereocenters. The lowest BCUT2D eigenvalue weighted by Gasteiger charge is -2.24. The molecule has 0 unspecified atom stereocenters. The van der Waals surface area contributed by atoms with E-state index in [1.165, 1.54) is 14.2 Å². The number of aliphatic carboxylic acids is 1. The van der Waals surface area contributed by atoms with Crippen LogP contribution in [0.2, 0.25) is 0 Å². The zero-order valence-corrected chi connectivity index (χ0v) is 24.7. The molecule has 0 saturated heterocycles. The first-order chi connectivity index (χ1) is 18.5. The maximum Gasteiger partial charge on any atom is 0.407 e. The maximum absolute atomic E-state index is 12.0. The van der Waals surface area contributed by atoms with E-state index in [9.17, 15) is 24.3 Å². The SMILES string of the molecule is CC(C)(C)OC(=O)N[C@H]1C[C@@H](C(=O)O)C[C@@H]1O.COCOC(=O)[C@@H]1C[C@H](NC(=O)OC(C)(C)C)[C@@H](OCOC)C1. The molecule has 2 rings (SSSR count). The van der Waals surface area contributed by atoms with Crippen molar-refractivity contribution in [3.05, 3.63) is 0 Å². The molecule has 0 aromatic heterocycles. The summed E-state index contributed by atoms with van der Waals surface area (Å²) in [4.78, 5) is 46.1. The van der Waals surface area contributed by atoms with Crippen LogP contribution in [-0.4, -0.2) is 97.6 Å². The Balaban J connectivity index is 0.000000418. The molecule has 14 nitrogen and oxygen atoms in total. The van der Waals surface area contributed by atoms with E-state index >= 15 is 0 Å². The van der Waals surface area contributed by atoms with Gasteiger partial charge in [0.05, 0.1) is 36.1 Å². The lowest BCUT2D eigenvalue weighted by molar-refractivity contribution is -0.159. The number of aliphatic hydroxyl groups excluding tert-OH is 1. The van der Waals surface area contributed by atoms with Crippen molar-refractivity contribution in [3.63, 3.8) is 0 Å². The molecule has 0 aromatic rings. The largest absolute Gasteiger partial charge is 0.481 e. The first-order valence-electron chi connectivity index (χ1n) is 13.1. The Bertz CT molecular complexity index is 839. The molecule has 0 spiro atoms. The third kappa shape index (κ3) is 13.6. The minimum absolute atomic E-state index is 0.0804. The number of nitrogens with one attached hydrogen (secondary N) is 2. The van der Waals surface area contributed by atoms with Crippen LogP contribution in [0.4, 0.5) is 9.59 Å². The van der Waals surface area contributed by atoms with Crippen molar-refractivity contribution >= 4 is 24.1 Å². The summed E-state index contributed by atoms with van der Waals surface area (Å²) in [5.74, 6) is -2.29. The predicted octanol–water partition coefficient (Wildman–Crippen LogP) is 2.16. The van der Waals surface area contributed by atoms with Crippen LogP contribution in [0.3, 0.4) is 0 Å². The van der Waals surface area contributed by atoms with Crippen LogP contribution in [0.25, 0.3) is 0 Å². The van der Waals surface area contributed by atoms with Crippen molar-refractivity contribution in [2.24, 2.45) is 11.8 Å². The second-order valence-electron chi connectivity index (χ2n) is 11.7. The third-order valence-electron chi connectivity index (χ3n) is 5.84. The van der Waals surface area contributed by atoms with Gasteiger partial charge in [-0.25, -0.2) is 9.59 Å². The fraction of sp³-hybridized carbons (Fsp3) is 0.846. The van der Waals surface area contributed by atoms with E-state index in [2.05, 4.69) is 10.6 Å². The van der Waals surface area contributed by atoms with Crippen LogP contribution in [0.15, 0.2) is 0 Å². The minimum Gasteiger partial charge on any atom is -0.481 e. The van der Waals surface area contributed by atoms with Crippen LogP contribution < -0.4 is 10.6 Å². The summed E-state index contributed by atoms with van der Waals surface area (Å²) in [5.41, 5.74) is -1.21. The van der Waals surface area contributed by atoms with Crippen LogP contribution in [0, 0.1) is 11.8 Å². The summed E-state index contributed by atoms with van der Waals surface area (Å²) in [6.45, 7) is 10.5. The number of alkyl carbamates (subject to hydrolysis) is 2. The number of amides is 2. The molecule has 2 amide bonds. The fourth-order valence-electron chi connectivity index (χ4n) is 4.21. The van der Waals surface area contributed by atoms with E-state index < -0.39 is 47.4 Å². The molecule has 2 saturated carbocycles. The van der Waals surface area contributed by atoms with Gasteiger partial charge in [0.1, 0.15) is 18.0 Å². The highest BCUT2D eigenvalue weighted by Gasteiger charge is 2.41. The topological polar surface area (TPSA) is 188 Å². The van der Waals surface area contributed by atoms with Gasteiger partial charge in [-0.2, -0.15) is 0 Å². The molecule has 0 aliphatic heterocycles. The molecule has 40 heavy (non-hydrogen) atoms. The highest BCUT2D eigenvalue weighted by atomic mass is 16.7. The summed E-state index contributed by atoms with van der Waals surface area (Å²) in [5, 5.41) is 23.7. The van der Waals surface area contributed by atoms with E-state index in [0.717, 1.165) is 0 Å². The Morgan fingerprint density at radius 2 is 1.25 bits per heavy atom. The minimum atomic E-state index is -0.947. The van der Waals surface area contributed by atoms with Crippen molar-refractivity contribution in [1.82, 2.24) is 10.6 Å². The van der Waals surface area contributed by atoms with Crippen molar-refractivity contribution in [2.75, 3.05) is 27.8 Å². The van der Waals surface area contributed by atoms with Gasteiger partial charge in [-0.3, -0.25) is 9.59 Å². The Morgan fingerprint density at radius 1 is 0.750 bits per heavy atom. The van der Waals surface area contributed by atoms with Gasteiger partial charge in [-0.05, 0) is 67.2 Å². The summed E-state index contributed by atoms with van der Waals surface area (Å²) in [6, 6.07) is -0.897. The highest BCUT2D eigenvalue weighted by molar-refractivity contribution is 5.74. The number of carbonyl (C=O) groups is 4. The van der Waals surface area contributed by atoms with E-state index in [-0.39, 0.29) is 50.5 Å². The van der Waals surface area contributed by atoms with Gasteiger partial charge >= 0.3 is 24.1 Å². The first kappa shape index (κ1) is 35.3. The molecule has 2 fully saturated rings. The van der Waals surface area contributed by atoms with Crippen LogP contribution >= 0.6 is 0 Å². The second kappa shape index (κ2) is 15.9. The van der Waals surface area contributed by atoms with E-state index in [0.29, 0.717) is 12.8 Å². The van der Waals surface area contributed by atoms with Crippen LogP contribution in [0.1, 0.15) is 67.2 Å². The molecule has 0 heterocycles. The van der Waals surface area contributed by atoms with E-state index in [1.54, 1.807) is 41.5 Å². The molecule has 2 aliphatic carbocycles. The van der Waals surface area contributed by atoms with Gasteiger partial charge in [0.15, 0.2) is 6.79 Å². The van der Waals surface area contributed by atoms with Gasteiger partial charge in [0, 0.05) is 14.2 Å². The number of carboxylic acid groups (broad SMARTS) is 1. The van der Waals surface area contributed by atoms with E-state index in [1.807, 2.05) is 0 Å². The number of methoxy groups -OCH3 is 2. The monoisotopic (exact) mass is 578 g/mol. The Kier molecular flexibility index (Phi) is 14.1. The summed E-state index contributed by atoms with van der Waals surface area (Å²) in [7, 11) is 2.95. The molecular weight excluding hydrogens is 532 g/mol. The predicted molar refractivity (Wildman–Crippen MR) is 140 cm³/mol. The van der Waals surface area contributed by atoms with Crippen molar-refractivity contribution < 1.29 is 57.8 Å². The standard InChI is InChI=1S/C15H27NO7.C11H19NO5/c1-15(2,3)23-14(18)16-11-6-10(13(17)22-9-20-5)7-12(11)21-8-19-4;1-11(2,3)17-10(16)12-7-4-6(9(14)15)5-8(7)13/h10-12H,6-9H2,1-5H3,(H,16,18);6-8,13H,4-5H2,1-3H3,(H,12,16)(H,14,15)/t10-,11+,12+;6-,7+,8+/m11/s1.